The van der Waals surface area contributed by atoms with Crippen molar-refractivity contribution in [1.29, 1.82) is 0 Å². The molecule has 104 valence electrons. The Morgan fingerprint density at radius 3 is 2.84 bits per heavy atom. The predicted molar refractivity (Wildman–Crippen MR) is 66.9 cm³/mol. The van der Waals surface area contributed by atoms with E-state index in [-0.39, 0.29) is 30.5 Å². The highest BCUT2D eigenvalue weighted by Gasteiger charge is 2.32. The number of hydrogen-bond donors (Lipinski definition) is 1. The molecule has 1 aromatic carbocycles. The molecule has 5 heteroatoms. The van der Waals surface area contributed by atoms with Gasteiger partial charge in [0.2, 0.25) is 0 Å². The molecule has 0 saturated carbocycles. The van der Waals surface area contributed by atoms with Gasteiger partial charge in [0, 0.05) is 12.1 Å². The largest absolute Gasteiger partial charge is 0.395 e. The molecule has 2 atom stereocenters. The van der Waals surface area contributed by atoms with E-state index in [1.165, 1.54) is 6.07 Å². The van der Waals surface area contributed by atoms with Crippen LogP contribution in [0.2, 0.25) is 0 Å². The average Bonchev–Trinajstić information content (AvgIpc) is 2.69. The van der Waals surface area contributed by atoms with Crippen LogP contribution in [0.4, 0.5) is 8.78 Å². The molecule has 1 aliphatic heterocycles. The van der Waals surface area contributed by atoms with Gasteiger partial charge in [-0.05, 0) is 31.0 Å². The number of Topliss-reactive ketones (excluding diaryl/α,β-unsaturated/α-hetero) is 1. The van der Waals surface area contributed by atoms with E-state index in [1.54, 1.807) is 0 Å². The van der Waals surface area contributed by atoms with Gasteiger partial charge < -0.3 is 5.11 Å². The Bertz CT molecular complexity index is 479. The lowest BCUT2D eigenvalue weighted by Gasteiger charge is -2.24. The van der Waals surface area contributed by atoms with Crippen molar-refractivity contribution >= 4 is 5.78 Å². The third-order valence-corrected chi connectivity index (χ3v) is 3.76. The van der Waals surface area contributed by atoms with Crippen LogP contribution in [0.25, 0.3) is 0 Å². The maximum Gasteiger partial charge on any atom is 0.179 e. The summed E-state index contributed by atoms with van der Waals surface area (Å²) in [5.41, 5.74) is -0.0994. The second-order valence-electron chi connectivity index (χ2n) is 5.03. The molecule has 0 aromatic heterocycles. The summed E-state index contributed by atoms with van der Waals surface area (Å²) >= 11 is 0. The highest BCUT2D eigenvalue weighted by atomic mass is 19.1. The fourth-order valence-electron chi connectivity index (χ4n) is 2.56. The zero-order chi connectivity index (χ0) is 14.0. The molecule has 0 spiro atoms. The molecule has 19 heavy (non-hydrogen) atoms. The van der Waals surface area contributed by atoms with E-state index in [1.807, 2.05) is 11.8 Å². The maximum absolute atomic E-state index is 13.5. The SMILES string of the molecule is CC1CCN(CC(=O)c2ccc(F)cc2F)C1CO. The minimum absolute atomic E-state index is 0.0135. The number of aliphatic hydroxyl groups excluding tert-OH is 1. The van der Waals surface area contributed by atoms with E-state index in [0.29, 0.717) is 18.5 Å². The monoisotopic (exact) mass is 269 g/mol. The second kappa shape index (κ2) is 5.75. The number of benzene rings is 1. The Hall–Kier alpha value is -1.33. The van der Waals surface area contributed by atoms with Crippen molar-refractivity contribution in [3.8, 4) is 0 Å². The number of aliphatic hydroxyl groups is 1. The molecule has 3 nitrogen and oxygen atoms in total. The summed E-state index contributed by atoms with van der Waals surface area (Å²) < 4.78 is 26.3. The minimum Gasteiger partial charge on any atom is -0.395 e. The Morgan fingerprint density at radius 2 is 2.21 bits per heavy atom. The van der Waals surface area contributed by atoms with Crippen LogP contribution in [-0.4, -0.2) is 41.5 Å². The number of halogens is 2. The number of ketones is 1. The molecule has 1 heterocycles. The summed E-state index contributed by atoms with van der Waals surface area (Å²) in [5.74, 6) is -1.60. The highest BCUT2D eigenvalue weighted by Crippen LogP contribution is 2.24. The van der Waals surface area contributed by atoms with Gasteiger partial charge in [0.1, 0.15) is 11.6 Å². The van der Waals surface area contributed by atoms with Crippen molar-refractivity contribution in [2.24, 2.45) is 5.92 Å². The molecule has 0 aliphatic carbocycles. The van der Waals surface area contributed by atoms with Gasteiger partial charge in [0.05, 0.1) is 18.7 Å². The Morgan fingerprint density at radius 1 is 1.47 bits per heavy atom. The van der Waals surface area contributed by atoms with E-state index in [2.05, 4.69) is 0 Å². The van der Waals surface area contributed by atoms with Crippen molar-refractivity contribution in [1.82, 2.24) is 4.90 Å². The van der Waals surface area contributed by atoms with E-state index in [9.17, 15) is 18.7 Å². The number of hydrogen-bond acceptors (Lipinski definition) is 3. The van der Waals surface area contributed by atoms with E-state index in [4.69, 9.17) is 0 Å². The lowest BCUT2D eigenvalue weighted by atomic mass is 10.0. The smallest absolute Gasteiger partial charge is 0.179 e. The van der Waals surface area contributed by atoms with Crippen molar-refractivity contribution in [3.63, 3.8) is 0 Å². The molecule has 1 N–H and O–H groups in total. The molecular weight excluding hydrogens is 252 g/mol. The first-order valence-electron chi connectivity index (χ1n) is 6.36. The van der Waals surface area contributed by atoms with Gasteiger partial charge in [0.25, 0.3) is 0 Å². The third kappa shape index (κ3) is 2.98. The molecule has 0 radical (unpaired) electrons. The van der Waals surface area contributed by atoms with Crippen LogP contribution in [-0.2, 0) is 0 Å². The van der Waals surface area contributed by atoms with Crippen LogP contribution in [0.15, 0.2) is 18.2 Å². The van der Waals surface area contributed by atoms with Gasteiger partial charge in [-0.1, -0.05) is 6.92 Å². The zero-order valence-electron chi connectivity index (χ0n) is 10.8. The second-order valence-corrected chi connectivity index (χ2v) is 5.03. The van der Waals surface area contributed by atoms with E-state index in [0.717, 1.165) is 12.5 Å². The van der Waals surface area contributed by atoms with Crippen molar-refractivity contribution < 1.29 is 18.7 Å². The van der Waals surface area contributed by atoms with Crippen LogP contribution in [0, 0.1) is 17.6 Å². The minimum atomic E-state index is -0.835. The van der Waals surface area contributed by atoms with Crippen molar-refractivity contribution in [3.05, 3.63) is 35.4 Å². The summed E-state index contributed by atoms with van der Waals surface area (Å²) in [6, 6.07) is 2.89. The van der Waals surface area contributed by atoms with E-state index >= 15 is 0 Å². The van der Waals surface area contributed by atoms with Gasteiger partial charge in [-0.15, -0.1) is 0 Å². The zero-order valence-corrected chi connectivity index (χ0v) is 10.8. The number of likely N-dealkylation sites (tertiary alicyclic amines) is 1. The van der Waals surface area contributed by atoms with Crippen LogP contribution in [0.3, 0.4) is 0 Å². The maximum atomic E-state index is 13.5. The molecule has 2 unspecified atom stereocenters. The van der Waals surface area contributed by atoms with Crippen LogP contribution in [0.1, 0.15) is 23.7 Å². The van der Waals surface area contributed by atoms with Gasteiger partial charge in [-0.3, -0.25) is 9.69 Å². The molecule has 0 amide bonds. The Kier molecular flexibility index (Phi) is 4.27. The molecule has 1 fully saturated rings. The van der Waals surface area contributed by atoms with Gasteiger partial charge in [0.15, 0.2) is 5.78 Å². The molecule has 1 aromatic rings. The number of carbonyl (C=O) groups is 1. The number of rotatable bonds is 4. The number of carbonyl (C=O) groups excluding carboxylic acids is 1. The van der Waals surface area contributed by atoms with Crippen molar-refractivity contribution in [2.75, 3.05) is 19.7 Å². The van der Waals surface area contributed by atoms with Crippen molar-refractivity contribution in [2.45, 2.75) is 19.4 Å². The number of nitrogens with zero attached hydrogens (tertiary/aromatic N) is 1. The lowest BCUT2D eigenvalue weighted by Crippen LogP contribution is -2.38. The predicted octanol–water partition coefficient (Wildman–Crippen LogP) is 1.85. The summed E-state index contributed by atoms with van der Waals surface area (Å²) in [5, 5.41) is 9.30. The summed E-state index contributed by atoms with van der Waals surface area (Å²) in [4.78, 5) is 13.9. The molecule has 2 rings (SSSR count). The topological polar surface area (TPSA) is 40.5 Å². The molecule has 0 bridgehead atoms. The average molecular weight is 269 g/mol. The van der Waals surface area contributed by atoms with Crippen LogP contribution < -0.4 is 0 Å². The molecular formula is C14H17F2NO2. The highest BCUT2D eigenvalue weighted by molar-refractivity contribution is 5.97. The molecule has 1 aliphatic rings. The Balaban J connectivity index is 2.09. The van der Waals surface area contributed by atoms with Crippen LogP contribution >= 0.6 is 0 Å². The summed E-state index contributed by atoms with van der Waals surface area (Å²) in [7, 11) is 0. The first-order valence-corrected chi connectivity index (χ1v) is 6.36. The van der Waals surface area contributed by atoms with Gasteiger partial charge in [-0.2, -0.15) is 0 Å². The first kappa shape index (κ1) is 14.1. The fraction of sp³-hybridized carbons (Fsp3) is 0.500. The normalized spacial score (nSPS) is 23.8. The standard InChI is InChI=1S/C14H17F2NO2/c1-9-4-5-17(13(9)8-18)7-14(19)11-3-2-10(15)6-12(11)16/h2-3,6,9,13,18H,4-5,7-8H2,1H3. The third-order valence-electron chi connectivity index (χ3n) is 3.76. The summed E-state index contributed by atoms with van der Waals surface area (Å²) in [6.45, 7) is 2.77. The Labute approximate surface area is 110 Å². The fourth-order valence-corrected chi connectivity index (χ4v) is 2.56. The van der Waals surface area contributed by atoms with Gasteiger partial charge >= 0.3 is 0 Å². The lowest BCUT2D eigenvalue weighted by molar-refractivity contribution is 0.0862. The first-order chi connectivity index (χ1) is 9.02. The quantitative estimate of drug-likeness (QED) is 0.848. The molecule has 1 saturated heterocycles. The van der Waals surface area contributed by atoms with Crippen LogP contribution in [0.5, 0.6) is 0 Å². The van der Waals surface area contributed by atoms with E-state index < -0.39 is 11.6 Å². The summed E-state index contributed by atoms with van der Waals surface area (Å²) in [6.07, 6.45) is 0.907. The van der Waals surface area contributed by atoms with Gasteiger partial charge in [-0.25, -0.2) is 8.78 Å².